The van der Waals surface area contributed by atoms with Crippen LogP contribution in [0.2, 0.25) is 0 Å². The van der Waals surface area contributed by atoms with Gasteiger partial charge in [0.25, 0.3) is 0 Å². The third-order valence-electron chi connectivity index (χ3n) is 4.00. The number of carbonyl (C=O) groups is 3. The van der Waals surface area contributed by atoms with Crippen LogP contribution in [0.15, 0.2) is 60.1 Å². The molecule has 3 amide bonds. The van der Waals surface area contributed by atoms with Crippen LogP contribution in [0, 0.1) is 0 Å². The van der Waals surface area contributed by atoms with Crippen molar-refractivity contribution < 1.29 is 14.4 Å². The second kappa shape index (κ2) is 8.98. The summed E-state index contributed by atoms with van der Waals surface area (Å²) in [6.45, 7) is 0.574. The molecule has 0 aliphatic heterocycles. The molecule has 0 unspecified atom stereocenters. The molecule has 1 aromatic carbocycles. The number of nitrogens with one attached hydrogen (secondary N) is 1. The van der Waals surface area contributed by atoms with Gasteiger partial charge in [0.05, 0.1) is 11.4 Å². The van der Waals surface area contributed by atoms with Gasteiger partial charge < -0.3 is 16.8 Å². The molecule has 0 aliphatic rings. The highest BCUT2D eigenvalue weighted by Crippen LogP contribution is 2.27. The molecule has 0 saturated carbocycles. The number of benzene rings is 1. The summed E-state index contributed by atoms with van der Waals surface area (Å²) in [7, 11) is 0. The first-order valence-corrected chi connectivity index (χ1v) is 9.54. The van der Waals surface area contributed by atoms with Crippen molar-refractivity contribution in [2.75, 3.05) is 0 Å². The predicted octanol–water partition coefficient (Wildman–Crippen LogP) is 1.13. The summed E-state index contributed by atoms with van der Waals surface area (Å²) in [5.74, 6) is -2.70. The molecule has 9 heteroatoms. The van der Waals surface area contributed by atoms with Gasteiger partial charge in [-0.25, -0.2) is 0 Å². The number of carbonyl (C=O) groups excluding carboxylic acids is 3. The summed E-state index contributed by atoms with van der Waals surface area (Å²) in [4.78, 5) is 35.5. The molecule has 0 fully saturated rings. The van der Waals surface area contributed by atoms with Gasteiger partial charge in [0.2, 0.25) is 17.7 Å². The van der Waals surface area contributed by atoms with Gasteiger partial charge in [-0.3, -0.25) is 19.1 Å². The van der Waals surface area contributed by atoms with E-state index in [-0.39, 0.29) is 0 Å². The van der Waals surface area contributed by atoms with Crippen molar-refractivity contribution in [3.05, 3.63) is 71.2 Å². The number of thiophene rings is 1. The zero-order chi connectivity index (χ0) is 20.8. The summed E-state index contributed by atoms with van der Waals surface area (Å²) in [6.07, 6.45) is 4.60. The van der Waals surface area contributed by atoms with Crippen molar-refractivity contribution >= 4 is 35.1 Å². The van der Waals surface area contributed by atoms with E-state index in [2.05, 4.69) is 10.4 Å². The van der Waals surface area contributed by atoms with Gasteiger partial charge in [0.15, 0.2) is 6.04 Å². The number of hydrogen-bond acceptors (Lipinski definition) is 5. The second-order valence-corrected chi connectivity index (χ2v) is 7.12. The predicted molar refractivity (Wildman–Crippen MR) is 110 cm³/mol. The van der Waals surface area contributed by atoms with Crippen LogP contribution in [0.25, 0.3) is 16.6 Å². The highest BCUT2D eigenvalue weighted by atomic mass is 32.1. The normalized spacial score (nSPS) is 11.1. The van der Waals surface area contributed by atoms with E-state index in [1.807, 2.05) is 54.0 Å². The van der Waals surface area contributed by atoms with Gasteiger partial charge in [0, 0.05) is 17.8 Å². The first kappa shape index (κ1) is 20.0. The van der Waals surface area contributed by atoms with Crippen molar-refractivity contribution in [2.24, 2.45) is 11.5 Å². The van der Waals surface area contributed by atoms with Gasteiger partial charge in [-0.1, -0.05) is 36.4 Å². The van der Waals surface area contributed by atoms with E-state index in [4.69, 9.17) is 11.5 Å². The molecule has 2 heterocycles. The minimum absolute atomic E-state index is 0.574. The number of nitrogens with zero attached hydrogens (tertiary/aromatic N) is 2. The first-order chi connectivity index (χ1) is 13.9. The summed E-state index contributed by atoms with van der Waals surface area (Å²) < 4.78 is 1.79. The fourth-order valence-electron chi connectivity index (χ4n) is 2.65. The molecule has 0 radical (unpaired) electrons. The van der Waals surface area contributed by atoms with E-state index in [9.17, 15) is 14.4 Å². The Morgan fingerprint density at radius 2 is 1.83 bits per heavy atom. The van der Waals surface area contributed by atoms with Crippen LogP contribution in [0.5, 0.6) is 0 Å². The molecule has 0 bridgehead atoms. The molecule has 0 atom stereocenters. The Labute approximate surface area is 170 Å². The Morgan fingerprint density at radius 1 is 1.10 bits per heavy atom. The zero-order valence-electron chi connectivity index (χ0n) is 15.3. The lowest BCUT2D eigenvalue weighted by molar-refractivity contribution is -0.132. The summed E-state index contributed by atoms with van der Waals surface area (Å²) >= 11 is 1.53. The van der Waals surface area contributed by atoms with Gasteiger partial charge in [-0.05, 0) is 23.1 Å². The highest BCUT2D eigenvalue weighted by molar-refractivity contribution is 7.13. The number of hydrogen-bond donors (Lipinski definition) is 3. The maximum Gasteiger partial charge on any atom is 0.249 e. The zero-order valence-corrected chi connectivity index (χ0v) is 16.1. The fourth-order valence-corrected chi connectivity index (χ4v) is 3.38. The Hall–Kier alpha value is -3.72. The third kappa shape index (κ3) is 5.17. The Kier molecular flexibility index (Phi) is 6.20. The SMILES string of the molecule is NC(=O)C(NC(=O)/C=C/c1cn(Cc2ccccc2)nc1-c1cccs1)C(N)=O. The lowest BCUT2D eigenvalue weighted by Gasteiger charge is -2.09. The maximum atomic E-state index is 12.1. The van der Waals surface area contributed by atoms with E-state index >= 15 is 0 Å². The van der Waals surface area contributed by atoms with Gasteiger partial charge in [-0.15, -0.1) is 11.3 Å². The van der Waals surface area contributed by atoms with E-state index in [1.165, 1.54) is 17.4 Å². The Morgan fingerprint density at radius 3 is 2.45 bits per heavy atom. The molecule has 3 aromatic rings. The number of amides is 3. The third-order valence-corrected chi connectivity index (χ3v) is 4.88. The van der Waals surface area contributed by atoms with E-state index in [1.54, 1.807) is 10.8 Å². The standard InChI is InChI=1S/C20H19N5O3S/c21-19(27)18(20(22)28)23-16(26)9-8-14-12-25(11-13-5-2-1-3-6-13)24-17(14)15-7-4-10-29-15/h1-10,12,18H,11H2,(H2,21,27)(H2,22,28)(H,23,26)/b9-8+. The van der Waals surface area contributed by atoms with Crippen LogP contribution in [-0.4, -0.2) is 33.5 Å². The molecule has 148 valence electrons. The highest BCUT2D eigenvalue weighted by Gasteiger charge is 2.22. The summed E-state index contributed by atoms with van der Waals surface area (Å²) in [5, 5.41) is 8.77. The molecule has 29 heavy (non-hydrogen) atoms. The maximum absolute atomic E-state index is 12.1. The van der Waals surface area contributed by atoms with Gasteiger partial charge in [0.1, 0.15) is 5.69 Å². The Balaban J connectivity index is 1.83. The number of primary amides is 2. The minimum Gasteiger partial charge on any atom is -0.367 e. The molecule has 0 aliphatic carbocycles. The average molecular weight is 409 g/mol. The van der Waals surface area contributed by atoms with Crippen LogP contribution < -0.4 is 16.8 Å². The molecule has 3 rings (SSSR count). The smallest absolute Gasteiger partial charge is 0.249 e. The van der Waals surface area contributed by atoms with Crippen molar-refractivity contribution in [1.29, 1.82) is 0 Å². The monoisotopic (exact) mass is 409 g/mol. The van der Waals surface area contributed by atoms with E-state index < -0.39 is 23.8 Å². The molecule has 0 spiro atoms. The number of aromatic nitrogens is 2. The van der Waals surface area contributed by atoms with Crippen LogP contribution in [0.4, 0.5) is 0 Å². The second-order valence-electron chi connectivity index (χ2n) is 6.17. The molecular formula is C20H19N5O3S. The van der Waals surface area contributed by atoms with Crippen molar-refractivity contribution in [3.63, 3.8) is 0 Å². The first-order valence-electron chi connectivity index (χ1n) is 8.66. The molecule has 5 N–H and O–H groups in total. The van der Waals surface area contributed by atoms with Crippen LogP contribution in [0.1, 0.15) is 11.1 Å². The number of nitrogens with two attached hydrogens (primary N) is 2. The fraction of sp³-hybridized carbons (Fsp3) is 0.100. The van der Waals surface area contributed by atoms with E-state index in [0.29, 0.717) is 12.1 Å². The van der Waals surface area contributed by atoms with Crippen molar-refractivity contribution in [3.8, 4) is 10.6 Å². The molecule has 2 aromatic heterocycles. The summed E-state index contributed by atoms with van der Waals surface area (Å²) in [6, 6.07) is 12.2. The molecule has 8 nitrogen and oxygen atoms in total. The van der Waals surface area contributed by atoms with Crippen molar-refractivity contribution in [2.45, 2.75) is 12.6 Å². The average Bonchev–Trinajstić information content (AvgIpc) is 3.34. The lowest BCUT2D eigenvalue weighted by Crippen LogP contribution is -2.52. The topological polar surface area (TPSA) is 133 Å². The van der Waals surface area contributed by atoms with Crippen LogP contribution >= 0.6 is 11.3 Å². The lowest BCUT2D eigenvalue weighted by atomic mass is 10.2. The van der Waals surface area contributed by atoms with Crippen LogP contribution in [0.3, 0.4) is 0 Å². The summed E-state index contributed by atoms with van der Waals surface area (Å²) in [5.41, 5.74) is 12.7. The molecule has 0 saturated heterocycles. The molecular weight excluding hydrogens is 390 g/mol. The Bertz CT molecular complexity index is 1030. The largest absolute Gasteiger partial charge is 0.367 e. The number of rotatable bonds is 8. The van der Waals surface area contributed by atoms with E-state index in [0.717, 1.165) is 16.1 Å². The quantitative estimate of drug-likeness (QED) is 0.380. The van der Waals surface area contributed by atoms with Gasteiger partial charge in [-0.2, -0.15) is 5.10 Å². The van der Waals surface area contributed by atoms with Gasteiger partial charge >= 0.3 is 0 Å². The van der Waals surface area contributed by atoms with Crippen molar-refractivity contribution in [1.82, 2.24) is 15.1 Å². The van der Waals surface area contributed by atoms with Crippen LogP contribution in [-0.2, 0) is 20.9 Å². The minimum atomic E-state index is -1.57.